The number of hydrogen-bond acceptors (Lipinski definition) is 4. The fourth-order valence-corrected chi connectivity index (χ4v) is 3.27. The summed E-state index contributed by atoms with van der Waals surface area (Å²) in [6.45, 7) is 7.23. The van der Waals surface area contributed by atoms with Crippen LogP contribution < -0.4 is 5.32 Å². The lowest BCUT2D eigenvalue weighted by Gasteiger charge is -2.31. The van der Waals surface area contributed by atoms with Crippen molar-refractivity contribution in [3.63, 3.8) is 0 Å². The van der Waals surface area contributed by atoms with Crippen LogP contribution in [0.2, 0.25) is 0 Å². The van der Waals surface area contributed by atoms with E-state index in [4.69, 9.17) is 0 Å². The number of carbonyl (C=O) groups excluding carboxylic acids is 1. The van der Waals surface area contributed by atoms with Crippen LogP contribution in [0.25, 0.3) is 0 Å². The molecule has 6 heteroatoms. The van der Waals surface area contributed by atoms with E-state index in [1.165, 1.54) is 24.3 Å². The predicted octanol–water partition coefficient (Wildman–Crippen LogP) is 2.91. The summed E-state index contributed by atoms with van der Waals surface area (Å²) < 4.78 is 0. The number of allylic oxidation sites excluding steroid dienone is 1. The monoisotopic (exact) mass is 317 g/mol. The fourth-order valence-electron chi connectivity index (χ4n) is 3.27. The lowest BCUT2D eigenvalue weighted by molar-refractivity contribution is -0.120. The lowest BCUT2D eigenvalue weighted by Crippen LogP contribution is -2.38. The number of carbonyl (C=O) groups is 1. The standard InChI is InChI=1S/C17H27N5O/c1-5-15(22(4)18-3)17(23)21-16(13-9-7-6-8-10-13)14-11-19-12(2)20-14/h5,11,13,16H,3,6-10H2,1-2,4H3,(H,19,20)(H,21,23)/b15-5-. The number of amides is 1. The summed E-state index contributed by atoms with van der Waals surface area (Å²) in [5.41, 5.74) is 1.48. The summed E-state index contributed by atoms with van der Waals surface area (Å²) in [5.74, 6) is 1.17. The molecule has 6 nitrogen and oxygen atoms in total. The number of imidazole rings is 1. The first-order valence-corrected chi connectivity index (χ1v) is 8.25. The summed E-state index contributed by atoms with van der Waals surface area (Å²) >= 11 is 0. The number of rotatable bonds is 6. The molecule has 1 heterocycles. The molecular formula is C17H27N5O. The first kappa shape index (κ1) is 17.2. The molecule has 1 aromatic heterocycles. The maximum atomic E-state index is 12.7. The summed E-state index contributed by atoms with van der Waals surface area (Å²) in [7, 11) is 1.72. The zero-order valence-electron chi connectivity index (χ0n) is 14.3. The van der Waals surface area contributed by atoms with E-state index in [0.29, 0.717) is 11.6 Å². The predicted molar refractivity (Wildman–Crippen MR) is 91.9 cm³/mol. The Morgan fingerprint density at radius 2 is 2.22 bits per heavy atom. The molecule has 2 rings (SSSR count). The van der Waals surface area contributed by atoms with Gasteiger partial charge in [-0.15, -0.1) is 0 Å². The highest BCUT2D eigenvalue weighted by Gasteiger charge is 2.29. The van der Waals surface area contributed by atoms with E-state index in [1.54, 1.807) is 13.1 Å². The van der Waals surface area contributed by atoms with Crippen molar-refractivity contribution in [2.75, 3.05) is 7.05 Å². The molecule has 1 saturated carbocycles. The molecule has 1 atom stereocenters. The van der Waals surface area contributed by atoms with E-state index in [0.717, 1.165) is 24.4 Å². The van der Waals surface area contributed by atoms with Gasteiger partial charge in [0.15, 0.2) is 0 Å². The van der Waals surface area contributed by atoms with E-state index in [9.17, 15) is 4.79 Å². The van der Waals surface area contributed by atoms with Crippen LogP contribution in [0, 0.1) is 12.8 Å². The molecule has 0 spiro atoms. The fraction of sp³-hybridized carbons (Fsp3) is 0.588. The van der Waals surface area contributed by atoms with Gasteiger partial charge in [-0.3, -0.25) is 9.80 Å². The quantitative estimate of drug-likeness (QED) is 0.481. The molecule has 0 aliphatic heterocycles. The Morgan fingerprint density at radius 1 is 1.52 bits per heavy atom. The minimum Gasteiger partial charge on any atom is -0.344 e. The van der Waals surface area contributed by atoms with Gasteiger partial charge in [-0.2, -0.15) is 5.10 Å². The van der Waals surface area contributed by atoms with Crippen LogP contribution in [0.1, 0.15) is 56.6 Å². The maximum Gasteiger partial charge on any atom is 0.269 e. The highest BCUT2D eigenvalue weighted by Crippen LogP contribution is 2.34. The van der Waals surface area contributed by atoms with Crippen LogP contribution in [0.3, 0.4) is 0 Å². The molecule has 1 amide bonds. The second-order valence-electron chi connectivity index (χ2n) is 6.11. The van der Waals surface area contributed by atoms with Gasteiger partial charge in [-0.1, -0.05) is 25.3 Å². The van der Waals surface area contributed by atoms with Gasteiger partial charge >= 0.3 is 0 Å². The largest absolute Gasteiger partial charge is 0.344 e. The van der Waals surface area contributed by atoms with Crippen molar-refractivity contribution in [3.05, 3.63) is 29.5 Å². The van der Waals surface area contributed by atoms with Gasteiger partial charge in [0.1, 0.15) is 11.5 Å². The SMILES string of the molecule is C=NN(C)/C(=C\C)C(=O)NC(c1cnc(C)[nH]1)C1CCCCC1. The van der Waals surface area contributed by atoms with Crippen molar-refractivity contribution in [1.29, 1.82) is 0 Å². The van der Waals surface area contributed by atoms with Crippen LogP contribution in [0.5, 0.6) is 0 Å². The third-order valence-electron chi connectivity index (χ3n) is 4.53. The number of H-pyrrole nitrogens is 1. The number of nitrogens with zero attached hydrogens (tertiary/aromatic N) is 3. The second-order valence-corrected chi connectivity index (χ2v) is 6.11. The Balaban J connectivity index is 2.20. The Hall–Kier alpha value is -2.11. The minimum atomic E-state index is -0.134. The Morgan fingerprint density at radius 3 is 2.74 bits per heavy atom. The number of hydrogen-bond donors (Lipinski definition) is 2. The van der Waals surface area contributed by atoms with Crippen molar-refractivity contribution in [1.82, 2.24) is 20.3 Å². The molecular weight excluding hydrogens is 290 g/mol. The first-order chi connectivity index (χ1) is 11.1. The highest BCUT2D eigenvalue weighted by atomic mass is 16.2. The molecule has 1 unspecified atom stereocenters. The summed E-state index contributed by atoms with van der Waals surface area (Å²) in [6, 6.07) is -0.0443. The average molecular weight is 317 g/mol. The van der Waals surface area contributed by atoms with E-state index >= 15 is 0 Å². The van der Waals surface area contributed by atoms with Crippen molar-refractivity contribution >= 4 is 12.6 Å². The zero-order chi connectivity index (χ0) is 16.8. The summed E-state index contributed by atoms with van der Waals surface area (Å²) in [6.07, 6.45) is 9.55. The van der Waals surface area contributed by atoms with Crippen LogP contribution >= 0.6 is 0 Å². The van der Waals surface area contributed by atoms with E-state index in [2.05, 4.69) is 27.1 Å². The van der Waals surface area contributed by atoms with Crippen LogP contribution in [0.15, 0.2) is 23.1 Å². The molecule has 1 aromatic rings. The van der Waals surface area contributed by atoms with Gasteiger partial charge in [0.05, 0.1) is 17.9 Å². The normalized spacial score (nSPS) is 17.6. The number of aryl methyl sites for hydroxylation is 1. The lowest BCUT2D eigenvalue weighted by atomic mass is 9.82. The molecule has 1 aliphatic rings. The van der Waals surface area contributed by atoms with Gasteiger partial charge in [0.2, 0.25) is 0 Å². The number of aromatic amines is 1. The van der Waals surface area contributed by atoms with Gasteiger partial charge in [0.25, 0.3) is 5.91 Å². The Bertz CT molecular complexity index is 571. The average Bonchev–Trinajstić information content (AvgIpc) is 3.00. The third kappa shape index (κ3) is 4.21. The summed E-state index contributed by atoms with van der Waals surface area (Å²) in [5, 5.41) is 8.48. The van der Waals surface area contributed by atoms with E-state index < -0.39 is 0 Å². The maximum absolute atomic E-state index is 12.7. The number of hydrazone groups is 1. The van der Waals surface area contributed by atoms with Gasteiger partial charge in [0, 0.05) is 13.8 Å². The number of nitrogens with one attached hydrogen (secondary N) is 2. The van der Waals surface area contributed by atoms with Crippen LogP contribution in [-0.2, 0) is 4.79 Å². The molecule has 1 fully saturated rings. The molecule has 23 heavy (non-hydrogen) atoms. The van der Waals surface area contributed by atoms with Gasteiger partial charge in [-0.25, -0.2) is 4.98 Å². The van der Waals surface area contributed by atoms with Crippen LogP contribution in [-0.4, -0.2) is 34.6 Å². The number of likely N-dealkylation sites (N-methyl/N-ethyl adjacent to an activating group) is 1. The molecule has 2 N–H and O–H groups in total. The first-order valence-electron chi connectivity index (χ1n) is 8.25. The topological polar surface area (TPSA) is 73.4 Å². The Labute approximate surface area is 138 Å². The van der Waals surface area contributed by atoms with Crippen molar-refractivity contribution < 1.29 is 4.79 Å². The highest BCUT2D eigenvalue weighted by molar-refractivity contribution is 5.92. The third-order valence-corrected chi connectivity index (χ3v) is 4.53. The molecule has 0 bridgehead atoms. The molecule has 126 valence electrons. The Kier molecular flexibility index (Phi) is 5.96. The second kappa shape index (κ2) is 7.94. The molecule has 0 radical (unpaired) electrons. The van der Waals surface area contributed by atoms with E-state index in [-0.39, 0.29) is 11.9 Å². The van der Waals surface area contributed by atoms with Gasteiger partial charge in [-0.05, 0) is 32.6 Å². The van der Waals surface area contributed by atoms with E-state index in [1.807, 2.05) is 20.0 Å². The van der Waals surface area contributed by atoms with Gasteiger partial charge < -0.3 is 10.3 Å². The minimum absolute atomic E-state index is 0.0443. The zero-order valence-corrected chi connectivity index (χ0v) is 14.3. The van der Waals surface area contributed by atoms with Crippen LogP contribution in [0.4, 0.5) is 0 Å². The van der Waals surface area contributed by atoms with Crippen molar-refractivity contribution in [2.24, 2.45) is 11.0 Å². The molecule has 1 aliphatic carbocycles. The smallest absolute Gasteiger partial charge is 0.269 e. The molecule has 0 saturated heterocycles. The number of aromatic nitrogens is 2. The summed E-state index contributed by atoms with van der Waals surface area (Å²) in [4.78, 5) is 20.2. The molecule has 0 aromatic carbocycles. The van der Waals surface area contributed by atoms with Crippen molar-refractivity contribution in [3.8, 4) is 0 Å². The van der Waals surface area contributed by atoms with Crippen molar-refractivity contribution in [2.45, 2.75) is 52.0 Å².